The van der Waals surface area contributed by atoms with Gasteiger partial charge in [-0.25, -0.2) is 0 Å². The van der Waals surface area contributed by atoms with Crippen LogP contribution in [-0.2, 0) is 10.5 Å². The molecule has 0 heterocycles. The highest BCUT2D eigenvalue weighted by molar-refractivity contribution is 7.99. The first-order valence-electron chi connectivity index (χ1n) is 7.41. The summed E-state index contributed by atoms with van der Waals surface area (Å²) in [6.07, 6.45) is 0. The monoisotopic (exact) mass is 397 g/mol. The Bertz CT molecular complexity index is 796. The van der Waals surface area contributed by atoms with Crippen molar-refractivity contribution in [2.45, 2.75) is 12.7 Å². The summed E-state index contributed by atoms with van der Waals surface area (Å²) in [5.41, 5.74) is 1.97. The molecule has 25 heavy (non-hydrogen) atoms. The molecule has 0 atom stereocenters. The molecule has 0 aliphatic carbocycles. The van der Waals surface area contributed by atoms with Gasteiger partial charge in [0.1, 0.15) is 5.75 Å². The quantitative estimate of drug-likeness (QED) is 0.661. The Kier molecular flexibility index (Phi) is 7.17. The van der Waals surface area contributed by atoms with Crippen LogP contribution in [-0.4, -0.2) is 24.6 Å². The summed E-state index contributed by atoms with van der Waals surface area (Å²) in [6.45, 7) is 1.51. The molecular formula is C18H17Cl2NO3S. The minimum atomic E-state index is -0.184. The topological polar surface area (TPSA) is 55.4 Å². The number of carbonyl (C=O) groups is 2. The minimum absolute atomic E-state index is 0.0118. The van der Waals surface area contributed by atoms with E-state index in [9.17, 15) is 9.59 Å². The molecule has 0 spiro atoms. The van der Waals surface area contributed by atoms with E-state index in [0.29, 0.717) is 32.8 Å². The lowest BCUT2D eigenvalue weighted by atomic mass is 10.1. The summed E-state index contributed by atoms with van der Waals surface area (Å²) in [6, 6.07) is 10.2. The van der Waals surface area contributed by atoms with Crippen molar-refractivity contribution in [2.24, 2.45) is 0 Å². The van der Waals surface area contributed by atoms with Crippen molar-refractivity contribution in [2.75, 3.05) is 18.2 Å². The molecule has 0 aliphatic rings. The van der Waals surface area contributed by atoms with Gasteiger partial charge in [0, 0.05) is 21.9 Å². The highest BCUT2D eigenvalue weighted by Crippen LogP contribution is 2.27. The molecule has 0 aliphatic heterocycles. The number of benzene rings is 2. The fourth-order valence-corrected chi connectivity index (χ4v) is 3.29. The van der Waals surface area contributed by atoms with Crippen LogP contribution in [0, 0.1) is 0 Å². The van der Waals surface area contributed by atoms with Gasteiger partial charge in [0.2, 0.25) is 5.91 Å². The van der Waals surface area contributed by atoms with Crippen molar-refractivity contribution in [3.8, 4) is 5.75 Å². The number of hydrogen-bond acceptors (Lipinski definition) is 4. The van der Waals surface area contributed by atoms with Crippen LogP contribution in [0.5, 0.6) is 5.75 Å². The Morgan fingerprint density at radius 2 is 1.92 bits per heavy atom. The lowest BCUT2D eigenvalue weighted by Gasteiger charge is -2.10. The summed E-state index contributed by atoms with van der Waals surface area (Å²) in [5, 5.41) is 3.66. The zero-order valence-electron chi connectivity index (χ0n) is 13.8. The molecule has 132 valence electrons. The van der Waals surface area contributed by atoms with E-state index < -0.39 is 0 Å². The molecule has 0 fully saturated rings. The first kappa shape index (κ1) is 19.6. The van der Waals surface area contributed by atoms with Crippen LogP contribution in [0.1, 0.15) is 22.8 Å². The fraction of sp³-hybridized carbons (Fsp3) is 0.222. The minimum Gasteiger partial charge on any atom is -0.496 e. The number of Topliss-reactive ketones (excluding diaryl/α,β-unsaturated/α-hetero) is 1. The molecule has 2 rings (SSSR count). The highest BCUT2D eigenvalue weighted by Gasteiger charge is 2.10. The second-order valence-electron chi connectivity index (χ2n) is 5.25. The second-order valence-corrected chi connectivity index (χ2v) is 7.08. The number of carbonyl (C=O) groups excluding carboxylic acids is 2. The molecule has 0 saturated heterocycles. The second kappa shape index (κ2) is 9.13. The number of amides is 1. The molecule has 0 bridgehead atoms. The van der Waals surface area contributed by atoms with Crippen molar-refractivity contribution in [3.05, 3.63) is 57.6 Å². The Labute approximate surface area is 160 Å². The lowest BCUT2D eigenvalue weighted by molar-refractivity contribution is -0.113. The number of ketones is 1. The van der Waals surface area contributed by atoms with Gasteiger partial charge in [-0.3, -0.25) is 9.59 Å². The predicted octanol–water partition coefficient (Wildman–Crippen LogP) is 5.08. The zero-order valence-corrected chi connectivity index (χ0v) is 16.1. The summed E-state index contributed by atoms with van der Waals surface area (Å²) in [4.78, 5) is 23.6. The van der Waals surface area contributed by atoms with E-state index in [0.717, 1.165) is 5.56 Å². The molecule has 0 radical (unpaired) electrons. The summed E-state index contributed by atoms with van der Waals surface area (Å²) < 4.78 is 5.30. The number of ether oxygens (including phenoxy) is 1. The first-order valence-corrected chi connectivity index (χ1v) is 9.32. The number of hydrogen-bond donors (Lipinski definition) is 1. The van der Waals surface area contributed by atoms with Gasteiger partial charge in [-0.15, -0.1) is 11.8 Å². The van der Waals surface area contributed by atoms with E-state index in [-0.39, 0.29) is 17.4 Å². The Morgan fingerprint density at radius 1 is 1.16 bits per heavy atom. The van der Waals surface area contributed by atoms with Crippen LogP contribution in [0.2, 0.25) is 10.0 Å². The van der Waals surface area contributed by atoms with Crippen LogP contribution in [0.25, 0.3) is 0 Å². The number of halogens is 2. The van der Waals surface area contributed by atoms with Gasteiger partial charge in [-0.1, -0.05) is 23.2 Å². The molecule has 2 aromatic rings. The average molecular weight is 398 g/mol. The maximum Gasteiger partial charge on any atom is 0.234 e. The number of methoxy groups -OCH3 is 1. The number of rotatable bonds is 7. The smallest absolute Gasteiger partial charge is 0.234 e. The van der Waals surface area contributed by atoms with Gasteiger partial charge in [-0.2, -0.15) is 0 Å². The standard InChI is InChI=1S/C18H17Cl2NO3S/c1-11(22)12-3-6-17(24-2)13(7-12)9-25-10-18(23)21-16-8-14(19)4-5-15(16)20/h3-8H,9-10H2,1-2H3,(H,21,23). The van der Waals surface area contributed by atoms with Crippen LogP contribution in [0.15, 0.2) is 36.4 Å². The van der Waals surface area contributed by atoms with Crippen molar-refractivity contribution in [1.29, 1.82) is 0 Å². The lowest BCUT2D eigenvalue weighted by Crippen LogP contribution is -2.14. The van der Waals surface area contributed by atoms with E-state index in [2.05, 4.69) is 5.32 Å². The van der Waals surface area contributed by atoms with Gasteiger partial charge in [0.25, 0.3) is 0 Å². The van der Waals surface area contributed by atoms with E-state index in [1.807, 2.05) is 0 Å². The van der Waals surface area contributed by atoms with Crippen molar-refractivity contribution >= 4 is 52.3 Å². The summed E-state index contributed by atoms with van der Waals surface area (Å²) in [7, 11) is 1.57. The van der Waals surface area contributed by atoms with Crippen LogP contribution in [0.4, 0.5) is 5.69 Å². The van der Waals surface area contributed by atoms with Crippen LogP contribution < -0.4 is 10.1 Å². The van der Waals surface area contributed by atoms with E-state index in [1.165, 1.54) is 18.7 Å². The van der Waals surface area contributed by atoms with Crippen molar-refractivity contribution in [3.63, 3.8) is 0 Å². The Balaban J connectivity index is 1.96. The summed E-state index contributed by atoms with van der Waals surface area (Å²) in [5.74, 6) is 1.27. The number of anilines is 1. The molecule has 2 aromatic carbocycles. The molecule has 0 aromatic heterocycles. The maximum absolute atomic E-state index is 12.1. The average Bonchev–Trinajstić information content (AvgIpc) is 2.58. The van der Waals surface area contributed by atoms with Crippen molar-refractivity contribution < 1.29 is 14.3 Å². The predicted molar refractivity (Wildman–Crippen MR) is 104 cm³/mol. The Hall–Kier alpha value is -1.69. The third-order valence-corrected chi connectivity index (χ3v) is 4.93. The van der Waals surface area contributed by atoms with E-state index >= 15 is 0 Å². The zero-order chi connectivity index (χ0) is 18.4. The molecule has 4 nitrogen and oxygen atoms in total. The van der Waals surface area contributed by atoms with Gasteiger partial charge in [0.05, 0.1) is 23.6 Å². The number of nitrogens with one attached hydrogen (secondary N) is 1. The third-order valence-electron chi connectivity index (χ3n) is 3.38. The Morgan fingerprint density at radius 3 is 2.60 bits per heavy atom. The van der Waals surface area contributed by atoms with Crippen molar-refractivity contribution in [1.82, 2.24) is 0 Å². The molecule has 1 N–H and O–H groups in total. The van der Waals surface area contributed by atoms with Gasteiger partial charge in [-0.05, 0) is 43.3 Å². The molecule has 7 heteroatoms. The molecule has 1 amide bonds. The normalized spacial score (nSPS) is 10.4. The number of thioether (sulfide) groups is 1. The molecular weight excluding hydrogens is 381 g/mol. The highest BCUT2D eigenvalue weighted by atomic mass is 35.5. The fourth-order valence-electron chi connectivity index (χ4n) is 2.14. The first-order chi connectivity index (χ1) is 11.9. The van der Waals surface area contributed by atoms with Crippen LogP contribution >= 0.6 is 35.0 Å². The van der Waals surface area contributed by atoms with Crippen LogP contribution in [0.3, 0.4) is 0 Å². The maximum atomic E-state index is 12.1. The molecule has 0 unspecified atom stereocenters. The largest absolute Gasteiger partial charge is 0.496 e. The van der Waals surface area contributed by atoms with E-state index in [1.54, 1.807) is 43.5 Å². The van der Waals surface area contributed by atoms with Gasteiger partial charge in [0.15, 0.2) is 5.78 Å². The molecule has 0 saturated carbocycles. The van der Waals surface area contributed by atoms with Gasteiger partial charge >= 0.3 is 0 Å². The third kappa shape index (κ3) is 5.66. The SMILES string of the molecule is COc1ccc(C(C)=O)cc1CSCC(=O)Nc1cc(Cl)ccc1Cl. The van der Waals surface area contributed by atoms with E-state index in [4.69, 9.17) is 27.9 Å². The summed E-state index contributed by atoms with van der Waals surface area (Å²) >= 11 is 13.3. The van der Waals surface area contributed by atoms with Gasteiger partial charge < -0.3 is 10.1 Å².